The van der Waals surface area contributed by atoms with E-state index < -0.39 is 5.97 Å². The van der Waals surface area contributed by atoms with Crippen molar-refractivity contribution in [1.82, 2.24) is 9.97 Å². The molecule has 7 heteroatoms. The first-order valence-electron chi connectivity index (χ1n) is 8.66. The van der Waals surface area contributed by atoms with Crippen LogP contribution in [0, 0.1) is 6.92 Å². The van der Waals surface area contributed by atoms with Crippen LogP contribution in [-0.4, -0.2) is 29.0 Å². The van der Waals surface area contributed by atoms with Crippen LogP contribution in [0.3, 0.4) is 0 Å². The molecular formula is C21H20N4O3. The molecule has 3 rings (SSSR count). The molecule has 2 N–H and O–H groups in total. The Hall–Kier alpha value is -3.74. The third-order valence-electron chi connectivity index (χ3n) is 4.00. The van der Waals surface area contributed by atoms with E-state index in [0.29, 0.717) is 23.6 Å². The topological polar surface area (TPSA) is 93.2 Å². The summed E-state index contributed by atoms with van der Waals surface area (Å²) in [7, 11) is 1.32. The summed E-state index contributed by atoms with van der Waals surface area (Å²) < 4.78 is 4.64. The average molecular weight is 376 g/mol. The van der Waals surface area contributed by atoms with E-state index in [-0.39, 0.29) is 11.6 Å². The number of nitrogens with one attached hydrogen (secondary N) is 2. The van der Waals surface area contributed by atoms with Gasteiger partial charge in [-0.05, 0) is 36.8 Å². The van der Waals surface area contributed by atoms with E-state index in [2.05, 4.69) is 31.4 Å². The minimum atomic E-state index is -0.433. The molecule has 0 bridgehead atoms. The van der Waals surface area contributed by atoms with Crippen LogP contribution >= 0.6 is 0 Å². The molecular weight excluding hydrogens is 356 g/mol. The molecule has 0 aliphatic rings. The summed E-state index contributed by atoms with van der Waals surface area (Å²) in [6.07, 6.45) is 2.93. The van der Waals surface area contributed by atoms with Gasteiger partial charge in [0.25, 0.3) is 5.91 Å². The van der Waals surface area contributed by atoms with E-state index in [1.54, 1.807) is 24.3 Å². The third-order valence-corrected chi connectivity index (χ3v) is 4.00. The maximum absolute atomic E-state index is 12.3. The van der Waals surface area contributed by atoms with Crippen molar-refractivity contribution in [1.29, 1.82) is 0 Å². The Labute approximate surface area is 162 Å². The second kappa shape index (κ2) is 8.77. The number of anilines is 2. The Morgan fingerprint density at radius 3 is 2.46 bits per heavy atom. The van der Waals surface area contributed by atoms with Crippen LogP contribution in [-0.2, 0) is 11.3 Å². The first-order chi connectivity index (χ1) is 13.5. The van der Waals surface area contributed by atoms with Crippen LogP contribution in [0.15, 0.2) is 60.9 Å². The fraction of sp³-hybridized carbons (Fsp3) is 0.143. The molecule has 0 aliphatic carbocycles. The first-order valence-corrected chi connectivity index (χ1v) is 8.66. The molecule has 0 fully saturated rings. The van der Waals surface area contributed by atoms with Gasteiger partial charge in [0.05, 0.1) is 25.1 Å². The largest absolute Gasteiger partial charge is 0.465 e. The van der Waals surface area contributed by atoms with Gasteiger partial charge < -0.3 is 15.4 Å². The Morgan fingerprint density at radius 2 is 1.82 bits per heavy atom. The number of nitrogens with zero attached hydrogens (tertiary/aromatic N) is 2. The maximum atomic E-state index is 12.3. The number of aromatic nitrogens is 2. The van der Waals surface area contributed by atoms with Crippen molar-refractivity contribution in [3.8, 4) is 0 Å². The number of ether oxygens (including phenoxy) is 1. The molecule has 0 radical (unpaired) electrons. The molecule has 0 unspecified atom stereocenters. The van der Waals surface area contributed by atoms with E-state index in [1.165, 1.54) is 25.1 Å². The molecule has 7 nitrogen and oxygen atoms in total. The number of amides is 1. The smallest absolute Gasteiger partial charge is 0.337 e. The summed E-state index contributed by atoms with van der Waals surface area (Å²) in [4.78, 5) is 32.1. The zero-order chi connectivity index (χ0) is 19.9. The number of aryl methyl sites for hydroxylation is 1. The lowest BCUT2D eigenvalue weighted by Crippen LogP contribution is -2.14. The molecule has 3 aromatic rings. The normalized spacial score (nSPS) is 10.2. The van der Waals surface area contributed by atoms with Gasteiger partial charge in [-0.2, -0.15) is 0 Å². The standard InChI is InChI=1S/C21H20N4O3/c1-14-4-3-5-15(10-14)11-23-19-13-22-18(12-24-19)20(26)25-17-8-6-16(7-9-17)21(27)28-2/h3-10,12-13H,11H2,1-2H3,(H,23,24)(H,25,26). The Balaban J connectivity index is 1.58. The number of carbonyl (C=O) groups excluding carboxylic acids is 2. The fourth-order valence-corrected chi connectivity index (χ4v) is 2.55. The van der Waals surface area contributed by atoms with Crippen LogP contribution in [0.25, 0.3) is 0 Å². The predicted molar refractivity (Wildman–Crippen MR) is 106 cm³/mol. The van der Waals surface area contributed by atoms with E-state index in [1.807, 2.05) is 25.1 Å². The van der Waals surface area contributed by atoms with Crippen LogP contribution in [0.1, 0.15) is 32.0 Å². The molecule has 0 spiro atoms. The lowest BCUT2D eigenvalue weighted by atomic mass is 10.1. The van der Waals surface area contributed by atoms with Gasteiger partial charge in [0.1, 0.15) is 11.5 Å². The minimum absolute atomic E-state index is 0.193. The van der Waals surface area contributed by atoms with Crippen molar-refractivity contribution in [2.75, 3.05) is 17.7 Å². The Kier molecular flexibility index (Phi) is 5.96. The molecule has 0 saturated carbocycles. The van der Waals surface area contributed by atoms with E-state index in [0.717, 1.165) is 5.56 Å². The van der Waals surface area contributed by atoms with Crippen molar-refractivity contribution >= 4 is 23.4 Å². The van der Waals surface area contributed by atoms with Gasteiger partial charge in [-0.1, -0.05) is 29.8 Å². The summed E-state index contributed by atoms with van der Waals surface area (Å²) >= 11 is 0. The molecule has 2 aromatic carbocycles. The van der Waals surface area contributed by atoms with Gasteiger partial charge in [0.2, 0.25) is 0 Å². The summed E-state index contributed by atoms with van der Waals surface area (Å²) in [6.45, 7) is 2.66. The molecule has 0 saturated heterocycles. The number of methoxy groups -OCH3 is 1. The van der Waals surface area contributed by atoms with Crippen LogP contribution in [0.2, 0.25) is 0 Å². The van der Waals surface area contributed by atoms with Gasteiger partial charge in [0, 0.05) is 12.2 Å². The van der Waals surface area contributed by atoms with Crippen molar-refractivity contribution < 1.29 is 14.3 Å². The van der Waals surface area contributed by atoms with Crippen molar-refractivity contribution in [2.45, 2.75) is 13.5 Å². The lowest BCUT2D eigenvalue weighted by molar-refractivity contribution is 0.0600. The fourth-order valence-electron chi connectivity index (χ4n) is 2.55. The zero-order valence-electron chi connectivity index (χ0n) is 15.6. The van der Waals surface area contributed by atoms with Gasteiger partial charge in [-0.25, -0.2) is 14.8 Å². The number of hydrogen-bond acceptors (Lipinski definition) is 6. The minimum Gasteiger partial charge on any atom is -0.465 e. The van der Waals surface area contributed by atoms with Crippen LogP contribution < -0.4 is 10.6 Å². The van der Waals surface area contributed by atoms with Crippen LogP contribution in [0.5, 0.6) is 0 Å². The van der Waals surface area contributed by atoms with Crippen molar-refractivity contribution in [3.63, 3.8) is 0 Å². The highest BCUT2D eigenvalue weighted by atomic mass is 16.5. The molecule has 1 amide bonds. The highest BCUT2D eigenvalue weighted by Crippen LogP contribution is 2.12. The quantitative estimate of drug-likeness (QED) is 0.640. The van der Waals surface area contributed by atoms with E-state index in [9.17, 15) is 9.59 Å². The molecule has 28 heavy (non-hydrogen) atoms. The summed E-state index contributed by atoms with van der Waals surface area (Å²) in [5.74, 6) is -0.235. The molecule has 0 aliphatic heterocycles. The van der Waals surface area contributed by atoms with E-state index in [4.69, 9.17) is 0 Å². The number of carbonyl (C=O) groups is 2. The van der Waals surface area contributed by atoms with Crippen LogP contribution in [0.4, 0.5) is 11.5 Å². The second-order valence-electron chi connectivity index (χ2n) is 6.15. The third kappa shape index (κ3) is 4.91. The van der Waals surface area contributed by atoms with Crippen molar-refractivity contribution in [2.24, 2.45) is 0 Å². The average Bonchev–Trinajstić information content (AvgIpc) is 2.72. The molecule has 1 heterocycles. The summed E-state index contributed by atoms with van der Waals surface area (Å²) in [6, 6.07) is 14.6. The predicted octanol–water partition coefficient (Wildman–Crippen LogP) is 3.44. The maximum Gasteiger partial charge on any atom is 0.337 e. The van der Waals surface area contributed by atoms with Gasteiger partial charge >= 0.3 is 5.97 Å². The summed E-state index contributed by atoms with van der Waals surface area (Å²) in [5.41, 5.74) is 3.47. The monoisotopic (exact) mass is 376 g/mol. The number of esters is 1. The Bertz CT molecular complexity index is 970. The van der Waals surface area contributed by atoms with Gasteiger partial charge in [0.15, 0.2) is 0 Å². The SMILES string of the molecule is COC(=O)c1ccc(NC(=O)c2cnc(NCc3cccc(C)c3)cn2)cc1. The van der Waals surface area contributed by atoms with Gasteiger partial charge in [-0.15, -0.1) is 0 Å². The molecule has 142 valence electrons. The highest BCUT2D eigenvalue weighted by molar-refractivity contribution is 6.03. The van der Waals surface area contributed by atoms with E-state index >= 15 is 0 Å². The second-order valence-corrected chi connectivity index (χ2v) is 6.15. The highest BCUT2D eigenvalue weighted by Gasteiger charge is 2.10. The zero-order valence-corrected chi connectivity index (χ0v) is 15.6. The van der Waals surface area contributed by atoms with Gasteiger partial charge in [-0.3, -0.25) is 4.79 Å². The molecule has 1 aromatic heterocycles. The first kappa shape index (κ1) is 19.0. The number of benzene rings is 2. The van der Waals surface area contributed by atoms with Crippen molar-refractivity contribution in [3.05, 3.63) is 83.3 Å². The molecule has 0 atom stereocenters. The number of rotatable bonds is 6. The Morgan fingerprint density at radius 1 is 1.04 bits per heavy atom. The number of hydrogen-bond donors (Lipinski definition) is 2. The summed E-state index contributed by atoms with van der Waals surface area (Å²) in [5, 5.41) is 5.89. The lowest BCUT2D eigenvalue weighted by Gasteiger charge is -2.08.